The fourth-order valence-corrected chi connectivity index (χ4v) is 0.542. The summed E-state index contributed by atoms with van der Waals surface area (Å²) in [5, 5.41) is 0. The van der Waals surface area contributed by atoms with Gasteiger partial charge in [-0.3, -0.25) is 9.59 Å². The van der Waals surface area contributed by atoms with E-state index in [0.717, 1.165) is 0 Å². The van der Waals surface area contributed by atoms with Gasteiger partial charge in [0.2, 0.25) is 0 Å². The maximum absolute atomic E-state index is 10.6. The van der Waals surface area contributed by atoms with Gasteiger partial charge in [0, 0.05) is 23.1 Å². The molecule has 0 aromatic rings. The minimum absolute atomic E-state index is 0. The first kappa shape index (κ1) is 14.2. The third-order valence-corrected chi connectivity index (χ3v) is 0.899. The summed E-state index contributed by atoms with van der Waals surface area (Å²) in [5.41, 5.74) is 0. The average molecular weight is 184 g/mol. The molecule has 0 unspecified atom stereocenters. The Morgan fingerprint density at radius 1 is 1.00 bits per heavy atom. The van der Waals surface area contributed by atoms with Crippen LogP contribution in [0, 0.1) is 0 Å². The summed E-state index contributed by atoms with van der Waals surface area (Å²) in [7, 11) is 0. The Balaban J connectivity index is 0. The molecule has 5 heteroatoms. The van der Waals surface area contributed by atoms with Crippen molar-refractivity contribution < 1.29 is 19.1 Å². The van der Waals surface area contributed by atoms with Crippen molar-refractivity contribution in [3.05, 3.63) is 0 Å². The molecule has 12 heavy (non-hydrogen) atoms. The lowest BCUT2D eigenvalue weighted by Crippen LogP contribution is -2.13. The Morgan fingerprint density at radius 3 is 1.58 bits per heavy atom. The Bertz CT molecular complexity index is 130. The quantitative estimate of drug-likeness (QED) is 0.354. The predicted molar refractivity (Wildman–Crippen MR) is 43.6 cm³/mol. The Morgan fingerprint density at radius 2 is 1.33 bits per heavy atom. The molecular formula is C7H12MgO4. The van der Waals surface area contributed by atoms with Gasteiger partial charge < -0.3 is 9.47 Å². The summed E-state index contributed by atoms with van der Waals surface area (Å²) in [4.78, 5) is 21.2. The summed E-state index contributed by atoms with van der Waals surface area (Å²) in [6, 6.07) is 0. The van der Waals surface area contributed by atoms with E-state index >= 15 is 0 Å². The number of ether oxygens (including phenoxy) is 2. The van der Waals surface area contributed by atoms with Crippen LogP contribution in [0.5, 0.6) is 0 Å². The van der Waals surface area contributed by atoms with Crippen molar-refractivity contribution in [2.24, 2.45) is 0 Å². The van der Waals surface area contributed by atoms with E-state index < -0.39 is 11.9 Å². The molecule has 0 bridgehead atoms. The molecule has 0 spiro atoms. The fraction of sp³-hybridized carbons (Fsp3) is 0.714. The van der Waals surface area contributed by atoms with Crippen molar-refractivity contribution in [1.29, 1.82) is 0 Å². The molecule has 0 fully saturated rings. The van der Waals surface area contributed by atoms with E-state index in [9.17, 15) is 9.59 Å². The lowest BCUT2D eigenvalue weighted by molar-refractivity contribution is -0.153. The highest BCUT2D eigenvalue weighted by Gasteiger charge is 2.09. The highest BCUT2D eigenvalue weighted by molar-refractivity contribution is 5.91. The SMILES string of the molecule is CCOC(=O)CC(=O)OCC.[Mg]. The van der Waals surface area contributed by atoms with Crippen LogP contribution in [0.3, 0.4) is 0 Å². The van der Waals surface area contributed by atoms with Gasteiger partial charge in [-0.15, -0.1) is 0 Å². The Hall–Kier alpha value is -0.294. The minimum atomic E-state index is -0.536. The van der Waals surface area contributed by atoms with Crippen molar-refractivity contribution in [3.63, 3.8) is 0 Å². The van der Waals surface area contributed by atoms with E-state index in [0.29, 0.717) is 0 Å². The molecule has 66 valence electrons. The van der Waals surface area contributed by atoms with E-state index in [1.165, 1.54) is 0 Å². The van der Waals surface area contributed by atoms with E-state index in [2.05, 4.69) is 9.47 Å². The topological polar surface area (TPSA) is 52.6 Å². The van der Waals surface area contributed by atoms with Crippen molar-refractivity contribution in [2.75, 3.05) is 13.2 Å². The van der Waals surface area contributed by atoms with Gasteiger partial charge in [0.15, 0.2) is 0 Å². The van der Waals surface area contributed by atoms with Crippen molar-refractivity contribution in [1.82, 2.24) is 0 Å². The summed E-state index contributed by atoms with van der Waals surface area (Å²) < 4.78 is 9.04. The third kappa shape index (κ3) is 7.81. The second kappa shape index (κ2) is 8.80. The zero-order valence-electron chi connectivity index (χ0n) is 7.46. The summed E-state index contributed by atoms with van der Waals surface area (Å²) in [5.74, 6) is -1.07. The summed E-state index contributed by atoms with van der Waals surface area (Å²) in [6.07, 6.45) is -0.290. The standard InChI is InChI=1S/C7H12O4.Mg/c1-3-10-6(8)5-7(9)11-4-2;/h3-5H2,1-2H3;. The molecule has 0 saturated heterocycles. The zero-order chi connectivity index (χ0) is 8.69. The monoisotopic (exact) mass is 184 g/mol. The van der Waals surface area contributed by atoms with Gasteiger partial charge >= 0.3 is 11.9 Å². The van der Waals surface area contributed by atoms with Crippen LogP contribution in [0.4, 0.5) is 0 Å². The molecule has 0 heterocycles. The van der Waals surface area contributed by atoms with E-state index in [-0.39, 0.29) is 42.7 Å². The van der Waals surface area contributed by atoms with Crippen LogP contribution in [-0.4, -0.2) is 48.2 Å². The van der Waals surface area contributed by atoms with Crippen molar-refractivity contribution in [2.45, 2.75) is 20.3 Å². The number of hydrogen-bond acceptors (Lipinski definition) is 4. The molecule has 0 amide bonds. The van der Waals surface area contributed by atoms with Crippen LogP contribution >= 0.6 is 0 Å². The fourth-order valence-electron chi connectivity index (χ4n) is 0.542. The van der Waals surface area contributed by atoms with Crippen molar-refractivity contribution >= 4 is 35.0 Å². The molecule has 0 aromatic carbocycles. The van der Waals surface area contributed by atoms with Gasteiger partial charge in [-0.05, 0) is 13.8 Å². The summed E-state index contributed by atoms with van der Waals surface area (Å²) in [6.45, 7) is 3.95. The van der Waals surface area contributed by atoms with Gasteiger partial charge in [0.25, 0.3) is 0 Å². The summed E-state index contributed by atoms with van der Waals surface area (Å²) >= 11 is 0. The molecule has 0 aromatic heterocycles. The third-order valence-electron chi connectivity index (χ3n) is 0.899. The van der Waals surface area contributed by atoms with Crippen LogP contribution in [-0.2, 0) is 19.1 Å². The van der Waals surface area contributed by atoms with Crippen molar-refractivity contribution in [3.8, 4) is 0 Å². The van der Waals surface area contributed by atoms with Gasteiger partial charge in [-0.2, -0.15) is 0 Å². The molecule has 0 aliphatic carbocycles. The smallest absolute Gasteiger partial charge is 0.317 e. The molecule has 0 aliphatic rings. The first-order valence-electron chi connectivity index (χ1n) is 3.52. The minimum Gasteiger partial charge on any atom is -0.466 e. The van der Waals surface area contributed by atoms with Crippen LogP contribution in [0.25, 0.3) is 0 Å². The first-order valence-corrected chi connectivity index (χ1v) is 3.52. The average Bonchev–Trinajstić information content (AvgIpc) is 1.87. The molecule has 0 atom stereocenters. The van der Waals surface area contributed by atoms with Crippen LogP contribution < -0.4 is 0 Å². The Labute approximate surface area is 87.7 Å². The molecule has 0 saturated carbocycles. The normalized spacial score (nSPS) is 8.17. The molecule has 4 nitrogen and oxygen atoms in total. The highest BCUT2D eigenvalue weighted by Crippen LogP contribution is 1.89. The van der Waals surface area contributed by atoms with Gasteiger partial charge in [0.05, 0.1) is 13.2 Å². The van der Waals surface area contributed by atoms with Crippen LogP contribution in [0.1, 0.15) is 20.3 Å². The van der Waals surface area contributed by atoms with Crippen LogP contribution in [0.2, 0.25) is 0 Å². The highest BCUT2D eigenvalue weighted by atomic mass is 24.3. The first-order chi connectivity index (χ1) is 5.20. The largest absolute Gasteiger partial charge is 0.466 e. The van der Waals surface area contributed by atoms with Gasteiger partial charge in [-0.1, -0.05) is 0 Å². The van der Waals surface area contributed by atoms with E-state index in [1.54, 1.807) is 13.8 Å². The number of carbonyl (C=O) groups is 2. The zero-order valence-corrected chi connectivity index (χ0v) is 8.88. The van der Waals surface area contributed by atoms with Gasteiger partial charge in [-0.25, -0.2) is 0 Å². The number of esters is 2. The predicted octanol–water partition coefficient (Wildman–Crippen LogP) is 0.122. The molecule has 0 aliphatic heterocycles. The second-order valence-electron chi connectivity index (χ2n) is 1.79. The van der Waals surface area contributed by atoms with Crippen LogP contribution in [0.15, 0.2) is 0 Å². The molecule has 0 rings (SSSR count). The lowest BCUT2D eigenvalue weighted by atomic mass is 10.4. The van der Waals surface area contributed by atoms with E-state index in [1.807, 2.05) is 0 Å². The molecular weight excluding hydrogens is 172 g/mol. The van der Waals surface area contributed by atoms with E-state index in [4.69, 9.17) is 0 Å². The maximum Gasteiger partial charge on any atom is 0.317 e. The second-order valence-corrected chi connectivity index (χ2v) is 1.79. The maximum atomic E-state index is 10.6. The number of hydrogen-bond donors (Lipinski definition) is 0. The molecule has 2 radical (unpaired) electrons. The number of carbonyl (C=O) groups excluding carboxylic acids is 2. The lowest BCUT2D eigenvalue weighted by Gasteiger charge is -2.00. The molecule has 0 N–H and O–H groups in total. The van der Waals surface area contributed by atoms with Gasteiger partial charge in [0.1, 0.15) is 6.42 Å². The number of rotatable bonds is 4. The Kier molecular flexibility index (Phi) is 10.4.